The SMILES string of the molecule is CCCCc1ccsc1/C=C/c1sc(B2OC(C)(C)C(C)(C)O2)cc1CCCC. The van der Waals surface area contributed by atoms with E-state index < -0.39 is 0 Å². The summed E-state index contributed by atoms with van der Waals surface area (Å²) in [5.74, 6) is 0. The van der Waals surface area contributed by atoms with E-state index >= 15 is 0 Å². The second kappa shape index (κ2) is 9.51. The molecule has 29 heavy (non-hydrogen) atoms. The van der Waals surface area contributed by atoms with Crippen LogP contribution >= 0.6 is 22.7 Å². The Kier molecular flexibility index (Phi) is 7.48. The summed E-state index contributed by atoms with van der Waals surface area (Å²) < 4.78 is 13.8. The van der Waals surface area contributed by atoms with Crippen molar-refractivity contribution in [3.8, 4) is 0 Å². The van der Waals surface area contributed by atoms with Crippen LogP contribution in [-0.2, 0) is 22.2 Å². The van der Waals surface area contributed by atoms with Crippen LogP contribution in [0.3, 0.4) is 0 Å². The van der Waals surface area contributed by atoms with E-state index in [1.807, 2.05) is 22.7 Å². The molecule has 0 amide bonds. The molecule has 1 aliphatic heterocycles. The Hall–Kier alpha value is -0.875. The van der Waals surface area contributed by atoms with Gasteiger partial charge >= 0.3 is 7.12 Å². The molecule has 2 aromatic rings. The molecule has 1 aliphatic rings. The van der Waals surface area contributed by atoms with Crippen molar-refractivity contribution < 1.29 is 9.31 Å². The maximum atomic E-state index is 6.30. The lowest BCUT2D eigenvalue weighted by atomic mass is 9.87. The molecule has 0 spiro atoms. The molecule has 3 rings (SSSR count). The van der Waals surface area contributed by atoms with Crippen LogP contribution in [0.4, 0.5) is 0 Å². The predicted octanol–water partition coefficient (Wildman–Crippen LogP) is 6.96. The molecular weight excluding hydrogens is 395 g/mol. The molecule has 0 atom stereocenters. The van der Waals surface area contributed by atoms with Gasteiger partial charge in [-0.25, -0.2) is 0 Å². The van der Waals surface area contributed by atoms with Gasteiger partial charge in [0, 0.05) is 14.5 Å². The summed E-state index contributed by atoms with van der Waals surface area (Å²) in [6, 6.07) is 4.59. The molecule has 158 valence electrons. The van der Waals surface area contributed by atoms with Crippen LogP contribution in [-0.4, -0.2) is 18.3 Å². The lowest BCUT2D eigenvalue weighted by Crippen LogP contribution is -2.41. The topological polar surface area (TPSA) is 18.5 Å². The number of hydrogen-bond acceptors (Lipinski definition) is 4. The van der Waals surface area contributed by atoms with Gasteiger partial charge in [0.25, 0.3) is 0 Å². The molecule has 1 saturated heterocycles. The average molecular weight is 430 g/mol. The van der Waals surface area contributed by atoms with Gasteiger partial charge in [-0.2, -0.15) is 0 Å². The van der Waals surface area contributed by atoms with E-state index in [2.05, 4.69) is 71.2 Å². The molecule has 0 N–H and O–H groups in total. The summed E-state index contributed by atoms with van der Waals surface area (Å²) in [5.41, 5.74) is 2.30. The Balaban J connectivity index is 1.84. The Morgan fingerprint density at radius 2 is 1.48 bits per heavy atom. The fourth-order valence-corrected chi connectivity index (χ4v) is 5.39. The van der Waals surface area contributed by atoms with E-state index in [1.54, 1.807) is 0 Å². The molecule has 0 unspecified atom stereocenters. The van der Waals surface area contributed by atoms with Crippen molar-refractivity contribution in [2.45, 2.75) is 91.3 Å². The van der Waals surface area contributed by atoms with E-state index in [4.69, 9.17) is 9.31 Å². The Bertz CT molecular complexity index is 816. The maximum absolute atomic E-state index is 6.30. The van der Waals surface area contributed by atoms with Crippen LogP contribution in [0.1, 0.15) is 88.1 Å². The highest BCUT2D eigenvalue weighted by Crippen LogP contribution is 2.37. The summed E-state index contributed by atoms with van der Waals surface area (Å²) in [7, 11) is -0.269. The maximum Gasteiger partial charge on any atom is 0.505 e. The number of hydrogen-bond donors (Lipinski definition) is 0. The third-order valence-electron chi connectivity index (χ3n) is 6.11. The van der Waals surface area contributed by atoms with Crippen LogP contribution in [0.25, 0.3) is 12.2 Å². The fraction of sp³-hybridized carbons (Fsp3) is 0.583. The smallest absolute Gasteiger partial charge is 0.399 e. The summed E-state index contributed by atoms with van der Waals surface area (Å²) in [5, 5.41) is 2.22. The summed E-state index contributed by atoms with van der Waals surface area (Å²) in [4.78, 5) is 2.74. The Morgan fingerprint density at radius 3 is 2.10 bits per heavy atom. The van der Waals surface area contributed by atoms with Gasteiger partial charge in [0.2, 0.25) is 0 Å². The molecule has 0 saturated carbocycles. The zero-order valence-electron chi connectivity index (χ0n) is 18.8. The average Bonchev–Trinajstić information content (AvgIpc) is 3.33. The zero-order valence-corrected chi connectivity index (χ0v) is 20.5. The van der Waals surface area contributed by atoms with Gasteiger partial charge in [-0.1, -0.05) is 26.7 Å². The van der Waals surface area contributed by atoms with Crippen molar-refractivity contribution in [2.75, 3.05) is 0 Å². The van der Waals surface area contributed by atoms with Crippen LogP contribution in [0.2, 0.25) is 0 Å². The van der Waals surface area contributed by atoms with Gasteiger partial charge < -0.3 is 9.31 Å². The first-order chi connectivity index (χ1) is 13.8. The van der Waals surface area contributed by atoms with Crippen molar-refractivity contribution in [1.82, 2.24) is 0 Å². The van der Waals surface area contributed by atoms with Crippen LogP contribution in [0.15, 0.2) is 17.5 Å². The van der Waals surface area contributed by atoms with Crippen molar-refractivity contribution in [2.24, 2.45) is 0 Å². The summed E-state index contributed by atoms with van der Waals surface area (Å²) in [6.07, 6.45) is 11.8. The lowest BCUT2D eigenvalue weighted by Gasteiger charge is -2.32. The normalized spacial score (nSPS) is 18.2. The molecule has 0 bridgehead atoms. The molecule has 0 aliphatic carbocycles. The first kappa shape index (κ1) is 22.8. The predicted molar refractivity (Wildman–Crippen MR) is 131 cm³/mol. The van der Waals surface area contributed by atoms with E-state index in [0.29, 0.717) is 0 Å². The minimum Gasteiger partial charge on any atom is -0.399 e. The summed E-state index contributed by atoms with van der Waals surface area (Å²) >= 11 is 3.67. The van der Waals surface area contributed by atoms with E-state index in [0.717, 1.165) is 6.42 Å². The van der Waals surface area contributed by atoms with Crippen molar-refractivity contribution in [1.29, 1.82) is 0 Å². The third-order valence-corrected chi connectivity index (χ3v) is 8.20. The highest BCUT2D eigenvalue weighted by Gasteiger charge is 2.52. The lowest BCUT2D eigenvalue weighted by molar-refractivity contribution is 0.00578. The quantitative estimate of drug-likeness (QED) is 0.400. The van der Waals surface area contributed by atoms with Crippen LogP contribution in [0.5, 0.6) is 0 Å². The largest absolute Gasteiger partial charge is 0.505 e. The molecule has 3 heterocycles. The molecule has 0 radical (unpaired) electrons. The van der Waals surface area contributed by atoms with Crippen LogP contribution in [0, 0.1) is 0 Å². The van der Waals surface area contributed by atoms with E-state index in [9.17, 15) is 0 Å². The van der Waals surface area contributed by atoms with Gasteiger partial charge in [0.1, 0.15) is 0 Å². The van der Waals surface area contributed by atoms with Crippen molar-refractivity contribution >= 4 is 46.7 Å². The van der Waals surface area contributed by atoms with Crippen molar-refractivity contribution in [3.05, 3.63) is 38.4 Å². The van der Waals surface area contributed by atoms with Gasteiger partial charge in [-0.15, -0.1) is 22.7 Å². The monoisotopic (exact) mass is 430 g/mol. The molecule has 5 heteroatoms. The minimum absolute atomic E-state index is 0.269. The molecule has 2 nitrogen and oxygen atoms in total. The second-order valence-electron chi connectivity index (χ2n) is 8.98. The third kappa shape index (κ3) is 5.25. The molecular formula is C24H35BO2S2. The number of rotatable bonds is 9. The molecule has 1 fully saturated rings. The Labute approximate surface area is 185 Å². The van der Waals surface area contributed by atoms with E-state index in [1.165, 1.54) is 57.8 Å². The van der Waals surface area contributed by atoms with E-state index in [-0.39, 0.29) is 18.3 Å². The second-order valence-corrected chi connectivity index (χ2v) is 11.0. The standard InChI is InChI=1S/C24H35BO2S2/c1-7-9-11-18-15-16-28-20(18)13-14-21-19(12-10-8-2)17-22(29-21)25-26-23(3,4)24(5,6)27-25/h13-17H,7-12H2,1-6H3/b14-13+. The zero-order chi connectivity index (χ0) is 21.1. The van der Waals surface area contributed by atoms with Gasteiger partial charge in [0.15, 0.2) is 0 Å². The highest BCUT2D eigenvalue weighted by atomic mass is 32.1. The van der Waals surface area contributed by atoms with Gasteiger partial charge in [-0.05, 0) is 94.2 Å². The molecule has 2 aromatic heterocycles. The number of aryl methyl sites for hydroxylation is 2. The fourth-order valence-electron chi connectivity index (χ4n) is 3.46. The Morgan fingerprint density at radius 1 is 0.897 bits per heavy atom. The number of thiophene rings is 2. The summed E-state index contributed by atoms with van der Waals surface area (Å²) in [6.45, 7) is 13.0. The molecule has 0 aromatic carbocycles. The highest BCUT2D eigenvalue weighted by molar-refractivity contribution is 7.23. The van der Waals surface area contributed by atoms with Gasteiger partial charge in [0.05, 0.1) is 11.2 Å². The van der Waals surface area contributed by atoms with Gasteiger partial charge in [-0.3, -0.25) is 0 Å². The van der Waals surface area contributed by atoms with Crippen molar-refractivity contribution in [3.63, 3.8) is 0 Å². The minimum atomic E-state index is -0.299. The number of unbranched alkanes of at least 4 members (excludes halogenated alkanes) is 2. The first-order valence-electron chi connectivity index (χ1n) is 11.0. The van der Waals surface area contributed by atoms with Crippen LogP contribution < -0.4 is 4.78 Å². The first-order valence-corrected chi connectivity index (χ1v) is 12.7.